The van der Waals surface area contributed by atoms with Crippen molar-refractivity contribution in [3.05, 3.63) is 199 Å². The molecule has 0 unspecified atom stereocenters. The summed E-state index contributed by atoms with van der Waals surface area (Å²) >= 11 is 0. The Labute approximate surface area is 316 Å². The van der Waals surface area contributed by atoms with Crippen LogP contribution in [-0.2, 0) is 0 Å². The lowest BCUT2D eigenvalue weighted by atomic mass is 10.0. The SMILES string of the molecule is [C-]#[N+]c1ccc2c(c1)c1ccccc1n2-c1ccc(-c2ccc(-n3c4ccccc4c4ccc(-n5c6ccccc6c6ccccc65)cc43)cc2[N+]#[C-])cc1. The van der Waals surface area contributed by atoms with Crippen molar-refractivity contribution >= 4 is 76.8 Å². The van der Waals surface area contributed by atoms with Gasteiger partial charge in [0, 0.05) is 44.0 Å². The quantitative estimate of drug-likeness (QED) is 0.163. The molecule has 3 aromatic heterocycles. The lowest BCUT2D eigenvalue weighted by Gasteiger charge is -2.14. The number of fused-ring (bicyclic) bond motifs is 9. The molecule has 254 valence electrons. The second-order valence-corrected chi connectivity index (χ2v) is 13.9. The Morgan fingerprint density at radius 2 is 0.782 bits per heavy atom. The highest BCUT2D eigenvalue weighted by atomic mass is 15.0. The molecule has 0 N–H and O–H groups in total. The molecule has 5 heteroatoms. The lowest BCUT2D eigenvalue weighted by Crippen LogP contribution is -1.97. The fourth-order valence-electron chi connectivity index (χ4n) is 8.67. The Kier molecular flexibility index (Phi) is 6.61. The predicted molar refractivity (Wildman–Crippen MR) is 227 cm³/mol. The largest absolute Gasteiger partial charge is 0.310 e. The predicted octanol–water partition coefficient (Wildman–Crippen LogP) is 13.7. The van der Waals surface area contributed by atoms with Crippen LogP contribution in [0.2, 0.25) is 0 Å². The van der Waals surface area contributed by atoms with Gasteiger partial charge in [-0.15, -0.1) is 0 Å². The van der Waals surface area contributed by atoms with Crippen LogP contribution in [0.5, 0.6) is 0 Å². The van der Waals surface area contributed by atoms with Crippen LogP contribution < -0.4 is 0 Å². The molecule has 0 spiro atoms. The van der Waals surface area contributed by atoms with Crippen molar-refractivity contribution in [2.75, 3.05) is 0 Å². The minimum Gasteiger partial charge on any atom is -0.310 e. The van der Waals surface area contributed by atoms with Gasteiger partial charge in [0.2, 0.25) is 0 Å². The molecule has 0 saturated heterocycles. The van der Waals surface area contributed by atoms with E-state index >= 15 is 0 Å². The van der Waals surface area contributed by atoms with E-state index < -0.39 is 0 Å². The minimum absolute atomic E-state index is 0.596. The van der Waals surface area contributed by atoms with Gasteiger partial charge >= 0.3 is 0 Å². The van der Waals surface area contributed by atoms with Gasteiger partial charge in [0.25, 0.3) is 0 Å². The molecular formula is C50H29N5. The van der Waals surface area contributed by atoms with Gasteiger partial charge in [-0.1, -0.05) is 103 Å². The molecule has 0 radical (unpaired) electrons. The zero-order valence-corrected chi connectivity index (χ0v) is 29.5. The summed E-state index contributed by atoms with van der Waals surface area (Å²) in [6.07, 6.45) is 0. The maximum atomic E-state index is 8.32. The summed E-state index contributed by atoms with van der Waals surface area (Å²) in [4.78, 5) is 7.75. The molecule has 8 aromatic carbocycles. The summed E-state index contributed by atoms with van der Waals surface area (Å²) in [6, 6.07) is 61.4. The highest BCUT2D eigenvalue weighted by Crippen LogP contribution is 2.40. The topological polar surface area (TPSA) is 23.5 Å². The third-order valence-corrected chi connectivity index (χ3v) is 11.1. The van der Waals surface area contributed by atoms with Crippen LogP contribution in [0.3, 0.4) is 0 Å². The second-order valence-electron chi connectivity index (χ2n) is 13.9. The number of hydrogen-bond donors (Lipinski definition) is 0. The monoisotopic (exact) mass is 699 g/mol. The van der Waals surface area contributed by atoms with Gasteiger partial charge in [-0.05, 0) is 89.3 Å². The highest BCUT2D eigenvalue weighted by molar-refractivity contribution is 6.13. The van der Waals surface area contributed by atoms with E-state index in [-0.39, 0.29) is 0 Å². The molecule has 0 fully saturated rings. The van der Waals surface area contributed by atoms with Crippen LogP contribution in [0.15, 0.2) is 176 Å². The van der Waals surface area contributed by atoms with E-state index in [2.05, 4.69) is 163 Å². The van der Waals surface area contributed by atoms with Crippen LogP contribution >= 0.6 is 0 Å². The number of nitrogens with zero attached hydrogens (tertiary/aromatic N) is 5. The third kappa shape index (κ3) is 4.51. The van der Waals surface area contributed by atoms with E-state index in [0.717, 1.165) is 61.0 Å². The summed E-state index contributed by atoms with van der Waals surface area (Å²) < 4.78 is 6.90. The van der Waals surface area contributed by atoms with Gasteiger partial charge in [-0.2, -0.15) is 0 Å². The summed E-state index contributed by atoms with van der Waals surface area (Å²) in [5, 5.41) is 6.98. The maximum Gasteiger partial charge on any atom is 0.196 e. The Morgan fingerprint density at radius 1 is 0.327 bits per heavy atom. The van der Waals surface area contributed by atoms with Gasteiger partial charge in [0.1, 0.15) is 0 Å². The van der Waals surface area contributed by atoms with Crippen molar-refractivity contribution in [3.8, 4) is 28.2 Å². The van der Waals surface area contributed by atoms with E-state index in [1.54, 1.807) is 0 Å². The van der Waals surface area contributed by atoms with Crippen LogP contribution in [0.1, 0.15) is 0 Å². The Hall–Kier alpha value is -7.86. The maximum absolute atomic E-state index is 8.32. The van der Waals surface area contributed by atoms with Crippen molar-refractivity contribution in [2.45, 2.75) is 0 Å². The van der Waals surface area contributed by atoms with Crippen molar-refractivity contribution in [1.29, 1.82) is 0 Å². The molecule has 0 amide bonds. The van der Waals surface area contributed by atoms with Crippen molar-refractivity contribution in [3.63, 3.8) is 0 Å². The van der Waals surface area contributed by atoms with E-state index in [9.17, 15) is 0 Å². The molecule has 0 atom stereocenters. The number of benzene rings is 8. The molecule has 55 heavy (non-hydrogen) atoms. The van der Waals surface area contributed by atoms with Crippen LogP contribution in [0.25, 0.3) is 103 Å². The fourth-order valence-corrected chi connectivity index (χ4v) is 8.67. The summed E-state index contributed by atoms with van der Waals surface area (Å²) in [7, 11) is 0. The first-order valence-corrected chi connectivity index (χ1v) is 18.3. The zero-order valence-electron chi connectivity index (χ0n) is 29.5. The van der Waals surface area contributed by atoms with Crippen LogP contribution in [0, 0.1) is 13.1 Å². The van der Waals surface area contributed by atoms with E-state index in [0.29, 0.717) is 11.4 Å². The normalized spacial score (nSPS) is 11.6. The molecular weight excluding hydrogens is 671 g/mol. The van der Waals surface area contributed by atoms with Crippen molar-refractivity contribution < 1.29 is 0 Å². The lowest BCUT2D eigenvalue weighted by molar-refractivity contribution is 1.16. The Balaban J connectivity index is 1.04. The fraction of sp³-hybridized carbons (Fsp3) is 0. The van der Waals surface area contributed by atoms with E-state index in [1.165, 1.54) is 32.6 Å². The number of aromatic nitrogens is 3. The van der Waals surface area contributed by atoms with Crippen molar-refractivity contribution in [2.24, 2.45) is 0 Å². The molecule has 0 aliphatic carbocycles. The first kappa shape index (κ1) is 30.7. The minimum atomic E-state index is 0.596. The second kappa shape index (κ2) is 11.8. The molecule has 0 aliphatic heterocycles. The van der Waals surface area contributed by atoms with Gasteiger partial charge in [-0.25, -0.2) is 9.69 Å². The third-order valence-electron chi connectivity index (χ3n) is 11.1. The summed E-state index contributed by atoms with van der Waals surface area (Å²) in [5.74, 6) is 0. The zero-order chi connectivity index (χ0) is 36.6. The van der Waals surface area contributed by atoms with Gasteiger partial charge in [0.05, 0.1) is 46.2 Å². The van der Waals surface area contributed by atoms with Gasteiger partial charge in [-0.3, -0.25) is 0 Å². The number of hydrogen-bond acceptors (Lipinski definition) is 0. The van der Waals surface area contributed by atoms with E-state index in [4.69, 9.17) is 13.1 Å². The molecule has 0 bridgehead atoms. The van der Waals surface area contributed by atoms with Gasteiger partial charge in [0.15, 0.2) is 11.4 Å². The first-order chi connectivity index (χ1) is 27.2. The molecule has 5 nitrogen and oxygen atoms in total. The summed E-state index contributed by atoms with van der Waals surface area (Å²) in [5.41, 5.74) is 12.8. The smallest absolute Gasteiger partial charge is 0.196 e. The van der Waals surface area contributed by atoms with Crippen LogP contribution in [-0.4, -0.2) is 13.7 Å². The van der Waals surface area contributed by atoms with Crippen molar-refractivity contribution in [1.82, 2.24) is 13.7 Å². The van der Waals surface area contributed by atoms with Gasteiger partial charge < -0.3 is 13.7 Å². The number of rotatable bonds is 4. The average molecular weight is 700 g/mol. The Bertz CT molecular complexity index is 3400. The Morgan fingerprint density at radius 3 is 1.36 bits per heavy atom. The molecule has 11 aromatic rings. The highest BCUT2D eigenvalue weighted by Gasteiger charge is 2.18. The van der Waals surface area contributed by atoms with Crippen LogP contribution in [0.4, 0.5) is 11.4 Å². The number of para-hydroxylation sites is 4. The molecule has 0 aliphatic rings. The standard InChI is InChI=1S/C50H29N5/c1-51-33-21-28-49-43(29-33)41-14-6-10-18-48(41)53(49)34-22-19-32(20-23-34)37-26-24-35(30-44(37)52-2)55-47-17-9-5-13-40(47)42-27-25-36(31-50(42)55)54-45-15-7-3-11-38(45)39-12-4-8-16-46(39)54/h3-31H. The van der Waals surface area contributed by atoms with E-state index in [1.807, 2.05) is 36.4 Å². The molecule has 0 saturated carbocycles. The molecule has 11 rings (SSSR count). The first-order valence-electron chi connectivity index (χ1n) is 18.3. The summed E-state index contributed by atoms with van der Waals surface area (Å²) in [6.45, 7) is 15.9. The average Bonchev–Trinajstić information content (AvgIpc) is 3.88. The molecule has 3 heterocycles.